The third-order valence-corrected chi connectivity index (χ3v) is 4.06. The fourth-order valence-electron chi connectivity index (χ4n) is 2.05. The van der Waals surface area contributed by atoms with Crippen molar-refractivity contribution < 1.29 is 9.53 Å². The largest absolute Gasteiger partial charge is 0.493 e. The Morgan fingerprint density at radius 1 is 1.27 bits per heavy atom. The van der Waals surface area contributed by atoms with Crippen molar-refractivity contribution >= 4 is 17.6 Å². The van der Waals surface area contributed by atoms with Gasteiger partial charge in [-0.05, 0) is 44.4 Å². The van der Waals surface area contributed by atoms with Gasteiger partial charge >= 0.3 is 0 Å². The van der Waals surface area contributed by atoms with Crippen LogP contribution in [0.4, 0.5) is 0 Å². The second kappa shape index (κ2) is 7.35. The molecular weight excluding hydrogens is 298 g/mol. The first-order valence-corrected chi connectivity index (χ1v) is 7.96. The van der Waals surface area contributed by atoms with E-state index in [2.05, 4.69) is 20.9 Å². The van der Waals surface area contributed by atoms with E-state index in [1.54, 1.807) is 18.9 Å². The van der Waals surface area contributed by atoms with Crippen molar-refractivity contribution in [3.8, 4) is 5.75 Å². The maximum absolute atomic E-state index is 12.2. The molecular formula is C16H21N3O2S. The fourth-order valence-corrected chi connectivity index (χ4v) is 2.60. The van der Waals surface area contributed by atoms with E-state index in [0.29, 0.717) is 24.5 Å². The summed E-state index contributed by atoms with van der Waals surface area (Å²) in [7, 11) is 1.78. The molecule has 1 aromatic heterocycles. The summed E-state index contributed by atoms with van der Waals surface area (Å²) in [6.45, 7) is 7.08. The number of benzene rings is 1. The average molecular weight is 319 g/mol. The lowest BCUT2D eigenvalue weighted by Gasteiger charge is -2.16. The van der Waals surface area contributed by atoms with Gasteiger partial charge in [0.2, 0.25) is 0 Å². The van der Waals surface area contributed by atoms with Gasteiger partial charge in [0.15, 0.2) is 5.69 Å². The number of ether oxygens (including phenoxy) is 1. The van der Waals surface area contributed by atoms with Crippen LogP contribution in [0.15, 0.2) is 18.2 Å². The van der Waals surface area contributed by atoms with Crippen molar-refractivity contribution in [3.05, 3.63) is 40.7 Å². The number of nitrogens with zero attached hydrogens (tertiary/aromatic N) is 3. The molecule has 0 aliphatic carbocycles. The number of hydrogen-bond acceptors (Lipinski definition) is 5. The van der Waals surface area contributed by atoms with E-state index in [-0.39, 0.29) is 5.91 Å². The molecule has 1 amide bonds. The first kappa shape index (κ1) is 16.4. The molecule has 118 valence electrons. The van der Waals surface area contributed by atoms with Crippen LogP contribution in [0, 0.1) is 20.8 Å². The van der Waals surface area contributed by atoms with E-state index in [9.17, 15) is 4.79 Å². The van der Waals surface area contributed by atoms with E-state index in [1.165, 1.54) is 5.56 Å². The molecule has 22 heavy (non-hydrogen) atoms. The molecule has 0 saturated carbocycles. The Hall–Kier alpha value is -1.95. The van der Waals surface area contributed by atoms with Crippen LogP contribution in [0.2, 0.25) is 0 Å². The standard InChI is InChI=1S/C16H21N3O2S/c1-11-6-7-12(2)14(10-11)21-9-5-8-19(4)16(20)15-13(3)17-22-18-15/h6-7,10H,5,8-9H2,1-4H3. The van der Waals surface area contributed by atoms with E-state index in [1.807, 2.05) is 19.9 Å². The molecule has 1 heterocycles. The summed E-state index contributed by atoms with van der Waals surface area (Å²) in [6.07, 6.45) is 0.770. The lowest BCUT2D eigenvalue weighted by atomic mass is 10.1. The van der Waals surface area contributed by atoms with Crippen molar-refractivity contribution in [2.45, 2.75) is 27.2 Å². The lowest BCUT2D eigenvalue weighted by Crippen LogP contribution is -2.29. The van der Waals surface area contributed by atoms with Crippen LogP contribution in [0.3, 0.4) is 0 Å². The van der Waals surface area contributed by atoms with Gasteiger partial charge in [0, 0.05) is 13.6 Å². The number of aryl methyl sites for hydroxylation is 3. The summed E-state index contributed by atoms with van der Waals surface area (Å²) in [5, 5.41) is 0. The van der Waals surface area contributed by atoms with Gasteiger partial charge in [-0.1, -0.05) is 12.1 Å². The van der Waals surface area contributed by atoms with Crippen molar-refractivity contribution in [3.63, 3.8) is 0 Å². The van der Waals surface area contributed by atoms with Crippen molar-refractivity contribution in [2.24, 2.45) is 0 Å². The van der Waals surface area contributed by atoms with Crippen LogP contribution in [0.5, 0.6) is 5.75 Å². The molecule has 2 rings (SSSR count). The Morgan fingerprint density at radius 2 is 2.05 bits per heavy atom. The second-order valence-corrected chi connectivity index (χ2v) is 5.92. The molecule has 6 heteroatoms. The molecule has 2 aromatic rings. The maximum Gasteiger partial charge on any atom is 0.275 e. The predicted octanol–water partition coefficient (Wildman–Crippen LogP) is 3.00. The van der Waals surface area contributed by atoms with Gasteiger partial charge < -0.3 is 9.64 Å². The van der Waals surface area contributed by atoms with E-state index in [4.69, 9.17) is 4.74 Å². The summed E-state index contributed by atoms with van der Waals surface area (Å²) in [5.74, 6) is 0.825. The first-order chi connectivity index (χ1) is 10.5. The van der Waals surface area contributed by atoms with Gasteiger partial charge in [-0.2, -0.15) is 8.75 Å². The highest BCUT2D eigenvalue weighted by atomic mass is 32.1. The number of aromatic nitrogens is 2. The van der Waals surface area contributed by atoms with Gasteiger partial charge in [0.25, 0.3) is 5.91 Å². The zero-order chi connectivity index (χ0) is 16.1. The molecule has 0 aliphatic heterocycles. The zero-order valence-electron chi connectivity index (χ0n) is 13.4. The smallest absolute Gasteiger partial charge is 0.275 e. The molecule has 0 fully saturated rings. The predicted molar refractivity (Wildman–Crippen MR) is 87.6 cm³/mol. The molecule has 5 nitrogen and oxygen atoms in total. The van der Waals surface area contributed by atoms with Crippen LogP contribution in [-0.4, -0.2) is 39.8 Å². The molecule has 0 atom stereocenters. The van der Waals surface area contributed by atoms with Gasteiger partial charge in [-0.3, -0.25) is 4.79 Å². The lowest BCUT2D eigenvalue weighted by molar-refractivity contribution is 0.0782. The number of carbonyl (C=O) groups excluding carboxylic acids is 1. The van der Waals surface area contributed by atoms with Crippen LogP contribution < -0.4 is 4.74 Å². The third kappa shape index (κ3) is 4.04. The minimum Gasteiger partial charge on any atom is -0.493 e. The molecule has 0 radical (unpaired) electrons. The van der Waals surface area contributed by atoms with Gasteiger partial charge in [-0.15, -0.1) is 0 Å². The Balaban J connectivity index is 1.80. The van der Waals surface area contributed by atoms with Gasteiger partial charge in [-0.25, -0.2) is 0 Å². The number of carbonyl (C=O) groups is 1. The average Bonchev–Trinajstić information content (AvgIpc) is 2.92. The minimum absolute atomic E-state index is 0.0852. The highest BCUT2D eigenvalue weighted by molar-refractivity contribution is 6.99. The number of hydrogen-bond donors (Lipinski definition) is 0. The highest BCUT2D eigenvalue weighted by Gasteiger charge is 2.17. The second-order valence-electron chi connectivity index (χ2n) is 5.40. The van der Waals surface area contributed by atoms with Crippen LogP contribution in [0.25, 0.3) is 0 Å². The van der Waals surface area contributed by atoms with Gasteiger partial charge in [0.05, 0.1) is 24.0 Å². The van der Waals surface area contributed by atoms with Crippen molar-refractivity contribution in [2.75, 3.05) is 20.2 Å². The maximum atomic E-state index is 12.2. The molecule has 0 unspecified atom stereocenters. The quantitative estimate of drug-likeness (QED) is 0.768. The SMILES string of the molecule is Cc1ccc(C)c(OCCCN(C)C(=O)c2nsnc2C)c1. The van der Waals surface area contributed by atoms with Crippen molar-refractivity contribution in [1.29, 1.82) is 0 Å². The number of amides is 1. The first-order valence-electron chi connectivity index (χ1n) is 7.23. The number of rotatable bonds is 6. The fraction of sp³-hybridized carbons (Fsp3) is 0.438. The topological polar surface area (TPSA) is 55.3 Å². The molecule has 0 saturated heterocycles. The van der Waals surface area contributed by atoms with E-state index < -0.39 is 0 Å². The summed E-state index contributed by atoms with van der Waals surface area (Å²) in [4.78, 5) is 13.8. The summed E-state index contributed by atoms with van der Waals surface area (Å²) >= 11 is 1.07. The summed E-state index contributed by atoms with van der Waals surface area (Å²) < 4.78 is 13.9. The van der Waals surface area contributed by atoms with Crippen LogP contribution in [0.1, 0.15) is 33.7 Å². The Kier molecular flexibility index (Phi) is 5.49. The Morgan fingerprint density at radius 3 is 2.73 bits per heavy atom. The Bertz CT molecular complexity index is 655. The molecule has 0 N–H and O–H groups in total. The molecule has 0 aliphatic rings. The third-order valence-electron chi connectivity index (χ3n) is 3.44. The van der Waals surface area contributed by atoms with Gasteiger partial charge in [0.1, 0.15) is 5.75 Å². The minimum atomic E-state index is -0.0852. The molecule has 0 bridgehead atoms. The van der Waals surface area contributed by atoms with E-state index in [0.717, 1.165) is 29.5 Å². The van der Waals surface area contributed by atoms with Crippen molar-refractivity contribution in [1.82, 2.24) is 13.6 Å². The normalized spacial score (nSPS) is 10.5. The van der Waals surface area contributed by atoms with E-state index >= 15 is 0 Å². The zero-order valence-corrected chi connectivity index (χ0v) is 14.2. The summed E-state index contributed by atoms with van der Waals surface area (Å²) in [5.41, 5.74) is 3.44. The highest BCUT2D eigenvalue weighted by Crippen LogP contribution is 2.19. The molecule has 0 spiro atoms. The van der Waals surface area contributed by atoms with Crippen LogP contribution in [-0.2, 0) is 0 Å². The Labute approximate surface area is 135 Å². The monoisotopic (exact) mass is 319 g/mol. The molecule has 1 aromatic carbocycles. The summed E-state index contributed by atoms with van der Waals surface area (Å²) in [6, 6.07) is 6.16. The van der Waals surface area contributed by atoms with Crippen LogP contribution >= 0.6 is 11.7 Å².